The van der Waals surface area contributed by atoms with Crippen LogP contribution in [0.2, 0.25) is 0 Å². The van der Waals surface area contributed by atoms with Gasteiger partial charge in [0, 0.05) is 19.8 Å². The van der Waals surface area contributed by atoms with Crippen molar-refractivity contribution in [2.75, 3.05) is 19.0 Å². The topological polar surface area (TPSA) is 90.9 Å². The minimum atomic E-state index is -3.82. The lowest BCUT2D eigenvalue weighted by Gasteiger charge is -2.19. The first-order valence-electron chi connectivity index (χ1n) is 9.78. The number of anilines is 1. The molecule has 0 radical (unpaired) electrons. The van der Waals surface area contributed by atoms with Crippen molar-refractivity contribution in [2.24, 2.45) is 11.0 Å². The van der Waals surface area contributed by atoms with Crippen molar-refractivity contribution < 1.29 is 13.2 Å². The Kier molecular flexibility index (Phi) is 8.14. The first-order chi connectivity index (χ1) is 14.1. The van der Waals surface area contributed by atoms with Crippen molar-refractivity contribution in [3.63, 3.8) is 0 Å². The molecule has 0 saturated carbocycles. The molecule has 2 aromatic rings. The van der Waals surface area contributed by atoms with Crippen LogP contribution >= 0.6 is 0 Å². The molecule has 0 saturated heterocycles. The first-order valence-corrected chi connectivity index (χ1v) is 11.3. The monoisotopic (exact) mass is 430 g/mol. The first kappa shape index (κ1) is 23.6. The van der Waals surface area contributed by atoms with Crippen LogP contribution in [0, 0.1) is 12.8 Å². The number of nitrogens with one attached hydrogen (secondary N) is 2. The number of carbonyl (C=O) groups excluding carboxylic acids is 1. The molecule has 0 fully saturated rings. The fraction of sp³-hybridized carbons (Fsp3) is 0.364. The maximum atomic E-state index is 12.7. The van der Waals surface area contributed by atoms with E-state index in [0.717, 1.165) is 16.8 Å². The summed E-state index contributed by atoms with van der Waals surface area (Å²) in [5.41, 5.74) is 5.28. The van der Waals surface area contributed by atoms with Gasteiger partial charge in [0.15, 0.2) is 0 Å². The lowest BCUT2D eigenvalue weighted by Crippen LogP contribution is -2.46. The van der Waals surface area contributed by atoms with Crippen LogP contribution in [-0.4, -0.2) is 40.7 Å². The molecule has 8 heteroatoms. The van der Waals surface area contributed by atoms with E-state index in [-0.39, 0.29) is 10.8 Å². The molecule has 7 nitrogen and oxygen atoms in total. The van der Waals surface area contributed by atoms with Gasteiger partial charge in [0.25, 0.3) is 5.91 Å². The zero-order valence-electron chi connectivity index (χ0n) is 18.1. The number of benzene rings is 2. The summed E-state index contributed by atoms with van der Waals surface area (Å²) in [7, 11) is 0.0840. The predicted octanol–water partition coefficient (Wildman–Crippen LogP) is 2.90. The van der Waals surface area contributed by atoms with Crippen molar-refractivity contribution in [1.29, 1.82) is 0 Å². The summed E-state index contributed by atoms with van der Waals surface area (Å²) in [5.74, 6) is -0.385. The fourth-order valence-corrected chi connectivity index (χ4v) is 3.97. The third kappa shape index (κ3) is 6.96. The number of hydrogen-bond donors (Lipinski definition) is 2. The Morgan fingerprint density at radius 2 is 1.67 bits per heavy atom. The Labute approximate surface area is 179 Å². The van der Waals surface area contributed by atoms with E-state index in [0.29, 0.717) is 6.42 Å². The van der Waals surface area contributed by atoms with Crippen LogP contribution in [0.5, 0.6) is 0 Å². The van der Waals surface area contributed by atoms with E-state index in [2.05, 4.69) is 15.2 Å². The van der Waals surface area contributed by atoms with Crippen molar-refractivity contribution in [3.8, 4) is 0 Å². The van der Waals surface area contributed by atoms with E-state index in [1.807, 2.05) is 64.0 Å². The van der Waals surface area contributed by atoms with Crippen LogP contribution < -0.4 is 15.0 Å². The molecule has 0 bridgehead atoms. The van der Waals surface area contributed by atoms with Crippen molar-refractivity contribution >= 4 is 27.8 Å². The highest BCUT2D eigenvalue weighted by molar-refractivity contribution is 7.89. The third-order valence-corrected chi connectivity index (χ3v) is 5.94. The van der Waals surface area contributed by atoms with Gasteiger partial charge in [-0.05, 0) is 49.1 Å². The Morgan fingerprint density at radius 3 is 2.20 bits per heavy atom. The Bertz CT molecular complexity index is 966. The molecular weight excluding hydrogens is 400 g/mol. The zero-order valence-corrected chi connectivity index (χ0v) is 18.9. The Morgan fingerprint density at radius 1 is 1.07 bits per heavy atom. The summed E-state index contributed by atoms with van der Waals surface area (Å²) >= 11 is 0. The molecule has 30 heavy (non-hydrogen) atoms. The maximum absolute atomic E-state index is 12.7. The van der Waals surface area contributed by atoms with Gasteiger partial charge >= 0.3 is 0 Å². The van der Waals surface area contributed by atoms with Crippen LogP contribution in [0.15, 0.2) is 58.5 Å². The average Bonchev–Trinajstić information content (AvgIpc) is 2.67. The fourth-order valence-electron chi connectivity index (χ4n) is 2.76. The third-order valence-electron chi connectivity index (χ3n) is 4.45. The highest BCUT2D eigenvalue weighted by Crippen LogP contribution is 2.14. The number of hydrazone groups is 1. The van der Waals surface area contributed by atoms with Crippen LogP contribution in [0.1, 0.15) is 31.4 Å². The summed E-state index contributed by atoms with van der Waals surface area (Å²) in [6.07, 6.45) is 1.88. The molecule has 1 amide bonds. The molecule has 0 aliphatic carbocycles. The van der Waals surface area contributed by atoms with Crippen LogP contribution in [0.25, 0.3) is 0 Å². The van der Waals surface area contributed by atoms with Crippen molar-refractivity contribution in [2.45, 2.75) is 38.1 Å². The lowest BCUT2D eigenvalue weighted by atomic mass is 10.0. The summed E-state index contributed by atoms with van der Waals surface area (Å²) in [4.78, 5) is 14.7. The molecule has 0 aliphatic rings. The van der Waals surface area contributed by atoms with Crippen LogP contribution in [0.4, 0.5) is 5.69 Å². The second kappa shape index (κ2) is 10.4. The van der Waals surface area contributed by atoms with Gasteiger partial charge in [-0.1, -0.05) is 43.7 Å². The number of amides is 1. The molecule has 2 N–H and O–H groups in total. The van der Waals surface area contributed by atoms with Crippen LogP contribution in [0.3, 0.4) is 0 Å². The number of sulfonamides is 1. The molecule has 0 unspecified atom stereocenters. The Balaban J connectivity index is 2.08. The van der Waals surface area contributed by atoms with Gasteiger partial charge in [-0.2, -0.15) is 9.82 Å². The van der Waals surface area contributed by atoms with Gasteiger partial charge in [-0.25, -0.2) is 13.8 Å². The zero-order chi connectivity index (χ0) is 22.3. The summed E-state index contributed by atoms with van der Waals surface area (Å²) < 4.78 is 27.9. The summed E-state index contributed by atoms with van der Waals surface area (Å²) in [5, 5.41) is 3.99. The molecule has 2 aromatic carbocycles. The number of aryl methyl sites for hydroxylation is 1. The van der Waals surface area contributed by atoms with Gasteiger partial charge in [0.2, 0.25) is 10.0 Å². The van der Waals surface area contributed by atoms with Gasteiger partial charge in [-0.15, -0.1) is 0 Å². The minimum absolute atomic E-state index is 0.115. The summed E-state index contributed by atoms with van der Waals surface area (Å²) in [6.45, 7) is 5.73. The van der Waals surface area contributed by atoms with Crippen molar-refractivity contribution in [3.05, 3.63) is 59.7 Å². The van der Waals surface area contributed by atoms with Gasteiger partial charge < -0.3 is 4.90 Å². The average molecular weight is 431 g/mol. The standard InChI is InChI=1S/C22H30N4O3S/c1-16(2)14-21(25-30(28,29)20-12-6-17(3)7-13-20)22(27)24-23-15-18-8-10-19(11-9-18)26(4)5/h6-13,15-16,21,25H,14H2,1-5H3,(H,24,27)/b23-15-/t21-/m0/s1. The van der Waals surface area contributed by atoms with Gasteiger partial charge in [0.05, 0.1) is 11.1 Å². The van der Waals surface area contributed by atoms with E-state index >= 15 is 0 Å². The quantitative estimate of drug-likeness (QED) is 0.473. The molecule has 1 atom stereocenters. The molecule has 2 rings (SSSR count). The predicted molar refractivity (Wildman–Crippen MR) is 121 cm³/mol. The molecular formula is C22H30N4O3S. The number of nitrogens with zero attached hydrogens (tertiary/aromatic N) is 2. The molecule has 0 spiro atoms. The second-order valence-electron chi connectivity index (χ2n) is 7.84. The number of hydrogen-bond acceptors (Lipinski definition) is 5. The molecule has 0 heterocycles. The molecule has 162 valence electrons. The smallest absolute Gasteiger partial charge is 0.258 e. The van der Waals surface area contributed by atoms with Crippen LogP contribution in [-0.2, 0) is 14.8 Å². The van der Waals surface area contributed by atoms with E-state index in [9.17, 15) is 13.2 Å². The number of carbonyl (C=O) groups is 1. The highest BCUT2D eigenvalue weighted by Gasteiger charge is 2.26. The largest absolute Gasteiger partial charge is 0.378 e. The number of rotatable bonds is 9. The highest BCUT2D eigenvalue weighted by atomic mass is 32.2. The van der Waals surface area contributed by atoms with E-state index in [1.54, 1.807) is 12.1 Å². The van der Waals surface area contributed by atoms with E-state index in [1.165, 1.54) is 18.3 Å². The SMILES string of the molecule is Cc1ccc(S(=O)(=O)N[C@@H](CC(C)C)C(=O)N/N=C\c2ccc(N(C)C)cc2)cc1. The van der Waals surface area contributed by atoms with Gasteiger partial charge in [0.1, 0.15) is 6.04 Å². The summed E-state index contributed by atoms with van der Waals surface area (Å²) in [6, 6.07) is 13.2. The normalized spacial score (nSPS) is 12.9. The second-order valence-corrected chi connectivity index (χ2v) is 9.55. The van der Waals surface area contributed by atoms with E-state index in [4.69, 9.17) is 0 Å². The minimum Gasteiger partial charge on any atom is -0.378 e. The molecule has 0 aliphatic heterocycles. The van der Waals surface area contributed by atoms with Crippen molar-refractivity contribution in [1.82, 2.24) is 10.1 Å². The lowest BCUT2D eigenvalue weighted by molar-refractivity contribution is -0.123. The van der Waals surface area contributed by atoms with Gasteiger partial charge in [-0.3, -0.25) is 4.79 Å². The van der Waals surface area contributed by atoms with E-state index < -0.39 is 22.0 Å². The molecule has 0 aromatic heterocycles. The maximum Gasteiger partial charge on any atom is 0.258 e. The Hall–Kier alpha value is -2.71.